The molecule has 1 aromatic heterocycles. The minimum absolute atomic E-state index is 0.0583. The lowest BCUT2D eigenvalue weighted by Gasteiger charge is -2.10. The van der Waals surface area contributed by atoms with Crippen molar-refractivity contribution in [2.45, 2.75) is 12.5 Å². The molecule has 1 aliphatic rings. The first-order valence-electron chi connectivity index (χ1n) is 5.65. The maximum atomic E-state index is 12.0. The van der Waals surface area contributed by atoms with Crippen LogP contribution in [0.4, 0.5) is 0 Å². The van der Waals surface area contributed by atoms with Gasteiger partial charge in [0.05, 0.1) is 24.4 Å². The van der Waals surface area contributed by atoms with Gasteiger partial charge in [-0.1, -0.05) is 6.07 Å². The fraction of sp³-hybridized carbons (Fsp3) is 0.333. The van der Waals surface area contributed by atoms with Crippen molar-refractivity contribution in [3.8, 4) is 0 Å². The molecule has 0 radical (unpaired) electrons. The smallest absolute Gasteiger partial charge is 0.251 e. The van der Waals surface area contributed by atoms with Crippen molar-refractivity contribution in [1.82, 2.24) is 15.5 Å². The first kappa shape index (κ1) is 10.3. The summed E-state index contributed by atoms with van der Waals surface area (Å²) in [5.41, 5.74) is 1.52. The highest BCUT2D eigenvalue weighted by Gasteiger charge is 2.18. The Balaban J connectivity index is 1.79. The van der Waals surface area contributed by atoms with Crippen molar-refractivity contribution < 1.29 is 9.53 Å². The Morgan fingerprint density at radius 1 is 1.53 bits per heavy atom. The van der Waals surface area contributed by atoms with E-state index in [1.54, 1.807) is 6.20 Å². The number of nitrogens with one attached hydrogen (secondary N) is 2. The molecule has 1 amide bonds. The fourth-order valence-electron chi connectivity index (χ4n) is 2.00. The largest absolute Gasteiger partial charge is 0.379 e. The van der Waals surface area contributed by atoms with Crippen molar-refractivity contribution in [2.75, 3.05) is 13.2 Å². The third-order valence-corrected chi connectivity index (χ3v) is 2.97. The highest BCUT2D eigenvalue weighted by Crippen LogP contribution is 2.13. The van der Waals surface area contributed by atoms with Crippen LogP contribution < -0.4 is 5.32 Å². The topological polar surface area (TPSA) is 67.0 Å². The third-order valence-electron chi connectivity index (χ3n) is 2.97. The van der Waals surface area contributed by atoms with Gasteiger partial charge in [-0.25, -0.2) is 0 Å². The second kappa shape index (κ2) is 4.18. The molecule has 1 saturated heterocycles. The summed E-state index contributed by atoms with van der Waals surface area (Å²) in [5, 5.41) is 10.7. The van der Waals surface area contributed by atoms with Gasteiger partial charge in [0, 0.05) is 17.6 Å². The Hall–Kier alpha value is -1.88. The second-order valence-electron chi connectivity index (χ2n) is 4.21. The summed E-state index contributed by atoms with van der Waals surface area (Å²) in [6, 6.07) is 5.65. The molecular weight excluding hydrogens is 218 g/mol. The van der Waals surface area contributed by atoms with E-state index < -0.39 is 0 Å². The molecule has 0 bridgehead atoms. The molecule has 0 spiro atoms. The van der Waals surface area contributed by atoms with Gasteiger partial charge in [0.1, 0.15) is 0 Å². The average Bonchev–Trinajstić information content (AvgIpc) is 2.97. The van der Waals surface area contributed by atoms with Crippen LogP contribution in [0.2, 0.25) is 0 Å². The minimum Gasteiger partial charge on any atom is -0.379 e. The highest BCUT2D eigenvalue weighted by molar-refractivity contribution is 5.97. The normalized spacial score (nSPS) is 19.6. The molecule has 1 unspecified atom stereocenters. The summed E-state index contributed by atoms with van der Waals surface area (Å²) in [7, 11) is 0. The lowest BCUT2D eigenvalue weighted by Crippen LogP contribution is -2.34. The van der Waals surface area contributed by atoms with E-state index in [2.05, 4.69) is 15.5 Å². The second-order valence-corrected chi connectivity index (χ2v) is 4.21. The lowest BCUT2D eigenvalue weighted by atomic mass is 10.1. The summed E-state index contributed by atoms with van der Waals surface area (Å²) < 4.78 is 5.22. The van der Waals surface area contributed by atoms with Gasteiger partial charge in [0.15, 0.2) is 0 Å². The van der Waals surface area contributed by atoms with Crippen molar-refractivity contribution in [3.63, 3.8) is 0 Å². The molecule has 2 aromatic rings. The molecule has 0 aliphatic carbocycles. The molecule has 0 saturated carbocycles. The minimum atomic E-state index is -0.0583. The standard InChI is InChI=1S/C12H13N3O2/c16-12(14-10-3-4-17-7-10)8-1-2-9-6-13-15-11(9)5-8/h1-2,5-6,10H,3-4,7H2,(H,13,15)(H,14,16). The first-order valence-corrected chi connectivity index (χ1v) is 5.65. The zero-order chi connectivity index (χ0) is 11.7. The van der Waals surface area contributed by atoms with Crippen LogP contribution in [0, 0.1) is 0 Å². The van der Waals surface area contributed by atoms with Crippen molar-refractivity contribution in [2.24, 2.45) is 0 Å². The summed E-state index contributed by atoms with van der Waals surface area (Å²) in [6.07, 6.45) is 2.62. The Bertz CT molecular complexity index is 543. The van der Waals surface area contributed by atoms with E-state index >= 15 is 0 Å². The molecule has 88 valence electrons. The summed E-state index contributed by atoms with van der Waals surface area (Å²) in [5.74, 6) is -0.0583. The van der Waals surface area contributed by atoms with E-state index in [0.717, 1.165) is 23.9 Å². The molecule has 5 heteroatoms. The number of fused-ring (bicyclic) bond motifs is 1. The summed E-state index contributed by atoms with van der Waals surface area (Å²) in [4.78, 5) is 12.0. The number of hydrogen-bond acceptors (Lipinski definition) is 3. The number of carbonyl (C=O) groups excluding carboxylic acids is 1. The Morgan fingerprint density at radius 2 is 2.47 bits per heavy atom. The average molecular weight is 231 g/mol. The Morgan fingerprint density at radius 3 is 3.29 bits per heavy atom. The number of H-pyrrole nitrogens is 1. The number of aromatic nitrogens is 2. The molecule has 1 aliphatic heterocycles. The van der Waals surface area contributed by atoms with E-state index in [1.165, 1.54) is 0 Å². The number of rotatable bonds is 2. The number of ether oxygens (including phenoxy) is 1. The van der Waals surface area contributed by atoms with Crippen molar-refractivity contribution >= 4 is 16.8 Å². The summed E-state index contributed by atoms with van der Waals surface area (Å²) >= 11 is 0. The zero-order valence-corrected chi connectivity index (χ0v) is 9.27. The molecule has 17 heavy (non-hydrogen) atoms. The number of hydrogen-bond donors (Lipinski definition) is 2. The molecule has 3 rings (SSSR count). The highest BCUT2D eigenvalue weighted by atomic mass is 16.5. The number of amides is 1. The summed E-state index contributed by atoms with van der Waals surface area (Å²) in [6.45, 7) is 1.34. The van der Waals surface area contributed by atoms with Crippen molar-refractivity contribution in [1.29, 1.82) is 0 Å². The van der Waals surface area contributed by atoms with Crippen LogP contribution in [0.1, 0.15) is 16.8 Å². The maximum absolute atomic E-state index is 12.0. The van der Waals surface area contributed by atoms with E-state index in [4.69, 9.17) is 4.74 Å². The predicted octanol–water partition coefficient (Wildman–Crippen LogP) is 1.08. The number of carbonyl (C=O) groups is 1. The molecule has 5 nitrogen and oxygen atoms in total. The quantitative estimate of drug-likeness (QED) is 0.812. The van der Waals surface area contributed by atoms with E-state index in [-0.39, 0.29) is 11.9 Å². The van der Waals surface area contributed by atoms with Gasteiger partial charge in [0.2, 0.25) is 0 Å². The van der Waals surface area contributed by atoms with Gasteiger partial charge in [-0.15, -0.1) is 0 Å². The Labute approximate surface area is 98.2 Å². The number of aromatic amines is 1. The molecule has 1 aromatic carbocycles. The number of benzene rings is 1. The van der Waals surface area contributed by atoms with Gasteiger partial charge in [-0.05, 0) is 18.6 Å². The molecule has 2 N–H and O–H groups in total. The molecule has 1 fully saturated rings. The van der Waals surface area contributed by atoms with Crippen LogP contribution in [-0.2, 0) is 4.74 Å². The van der Waals surface area contributed by atoms with Gasteiger partial charge in [-0.3, -0.25) is 9.89 Å². The van der Waals surface area contributed by atoms with E-state index in [1.807, 2.05) is 18.2 Å². The monoisotopic (exact) mass is 231 g/mol. The van der Waals surface area contributed by atoms with E-state index in [9.17, 15) is 4.79 Å². The van der Waals surface area contributed by atoms with Crippen LogP contribution in [0.5, 0.6) is 0 Å². The van der Waals surface area contributed by atoms with Gasteiger partial charge in [0.25, 0.3) is 5.91 Å². The first-order chi connectivity index (χ1) is 8.33. The van der Waals surface area contributed by atoms with Gasteiger partial charge in [-0.2, -0.15) is 5.10 Å². The third kappa shape index (κ3) is 2.01. The van der Waals surface area contributed by atoms with E-state index in [0.29, 0.717) is 12.2 Å². The molecule has 2 heterocycles. The van der Waals surface area contributed by atoms with Crippen LogP contribution in [-0.4, -0.2) is 35.4 Å². The maximum Gasteiger partial charge on any atom is 0.251 e. The Kier molecular flexibility index (Phi) is 2.53. The SMILES string of the molecule is O=C(NC1CCOC1)c1ccc2cn[nH]c2c1. The van der Waals surface area contributed by atoms with Gasteiger partial charge < -0.3 is 10.1 Å². The van der Waals surface area contributed by atoms with Crippen LogP contribution in [0.3, 0.4) is 0 Å². The fourth-order valence-corrected chi connectivity index (χ4v) is 2.00. The number of nitrogens with zero attached hydrogens (tertiary/aromatic N) is 1. The van der Waals surface area contributed by atoms with Crippen molar-refractivity contribution in [3.05, 3.63) is 30.0 Å². The van der Waals surface area contributed by atoms with Crippen LogP contribution >= 0.6 is 0 Å². The molecular formula is C12H13N3O2. The lowest BCUT2D eigenvalue weighted by molar-refractivity contribution is 0.0930. The van der Waals surface area contributed by atoms with Crippen LogP contribution in [0.15, 0.2) is 24.4 Å². The molecule has 1 atom stereocenters. The van der Waals surface area contributed by atoms with Crippen LogP contribution in [0.25, 0.3) is 10.9 Å². The van der Waals surface area contributed by atoms with Gasteiger partial charge >= 0.3 is 0 Å². The zero-order valence-electron chi connectivity index (χ0n) is 9.27. The predicted molar refractivity (Wildman–Crippen MR) is 62.8 cm³/mol.